The van der Waals surface area contributed by atoms with Gasteiger partial charge in [-0.2, -0.15) is 0 Å². The van der Waals surface area contributed by atoms with E-state index < -0.39 is 0 Å². The predicted molar refractivity (Wildman–Crippen MR) is 78.3 cm³/mol. The van der Waals surface area contributed by atoms with E-state index in [2.05, 4.69) is 10.5 Å². The maximum Gasteiger partial charge on any atom is 0.170 e. The lowest BCUT2D eigenvalue weighted by molar-refractivity contribution is 0.0759. The van der Waals surface area contributed by atoms with Crippen LogP contribution in [-0.2, 0) is 11.3 Å². The number of nitrogens with zero attached hydrogens (tertiary/aromatic N) is 1. The second kappa shape index (κ2) is 8.39. The molecule has 0 radical (unpaired) electrons. The van der Waals surface area contributed by atoms with E-state index in [0.717, 1.165) is 17.9 Å². The van der Waals surface area contributed by atoms with Gasteiger partial charge in [0.05, 0.1) is 13.2 Å². The van der Waals surface area contributed by atoms with E-state index in [0.29, 0.717) is 18.7 Å². The minimum Gasteiger partial charge on any atom is -0.496 e. The molecule has 20 heavy (non-hydrogen) atoms. The molecular formula is C14H23N3O3. The molecule has 0 heterocycles. The Morgan fingerprint density at radius 3 is 2.85 bits per heavy atom. The molecule has 0 amide bonds. The zero-order valence-corrected chi connectivity index (χ0v) is 12.2. The quantitative estimate of drug-likeness (QED) is 0.289. The third-order valence-corrected chi connectivity index (χ3v) is 2.88. The van der Waals surface area contributed by atoms with Crippen molar-refractivity contribution in [2.24, 2.45) is 10.9 Å². The summed E-state index contributed by atoms with van der Waals surface area (Å²) < 4.78 is 10.8. The Bertz CT molecular complexity index is 449. The Kier molecular flexibility index (Phi) is 6.83. The Morgan fingerprint density at radius 2 is 2.25 bits per heavy atom. The van der Waals surface area contributed by atoms with Gasteiger partial charge >= 0.3 is 0 Å². The number of oxime groups is 1. The highest BCUT2D eigenvalue weighted by Gasteiger charge is 2.08. The first-order valence-corrected chi connectivity index (χ1v) is 6.59. The standard InChI is InChI=1S/C14H23N3O3/c1-4-20-10(2)8-16-9-12-7-11(14(15)17-18)5-6-13(12)19-3/h5-7,10,16,18H,4,8-9H2,1-3H3,(H2,15,17). The van der Waals surface area contributed by atoms with Gasteiger partial charge in [-0.3, -0.25) is 0 Å². The number of hydrogen-bond acceptors (Lipinski definition) is 5. The molecule has 1 unspecified atom stereocenters. The number of benzene rings is 1. The minimum absolute atomic E-state index is 0.0802. The van der Waals surface area contributed by atoms with E-state index in [1.807, 2.05) is 19.9 Å². The van der Waals surface area contributed by atoms with Crippen molar-refractivity contribution in [3.63, 3.8) is 0 Å². The molecule has 0 aliphatic heterocycles. The van der Waals surface area contributed by atoms with E-state index in [1.54, 1.807) is 19.2 Å². The molecule has 1 aromatic carbocycles. The van der Waals surface area contributed by atoms with Gasteiger partial charge in [-0.15, -0.1) is 0 Å². The number of ether oxygens (including phenoxy) is 2. The van der Waals surface area contributed by atoms with Crippen molar-refractivity contribution in [2.75, 3.05) is 20.3 Å². The molecule has 0 aliphatic carbocycles. The third-order valence-electron chi connectivity index (χ3n) is 2.88. The SMILES string of the molecule is CCOC(C)CNCc1cc(/C(N)=N/O)ccc1OC. The van der Waals surface area contributed by atoms with Crippen molar-refractivity contribution in [3.05, 3.63) is 29.3 Å². The van der Waals surface area contributed by atoms with Crippen LogP contribution >= 0.6 is 0 Å². The maximum absolute atomic E-state index is 8.71. The van der Waals surface area contributed by atoms with Crippen LogP contribution in [0.25, 0.3) is 0 Å². The average molecular weight is 281 g/mol. The highest BCUT2D eigenvalue weighted by Crippen LogP contribution is 2.19. The van der Waals surface area contributed by atoms with Crippen LogP contribution in [0.15, 0.2) is 23.4 Å². The molecule has 0 aromatic heterocycles. The first kappa shape index (κ1) is 16.3. The van der Waals surface area contributed by atoms with Gasteiger partial charge in [0.2, 0.25) is 0 Å². The summed E-state index contributed by atoms with van der Waals surface area (Å²) in [6, 6.07) is 5.39. The summed E-state index contributed by atoms with van der Waals surface area (Å²) in [5.74, 6) is 0.840. The Morgan fingerprint density at radius 1 is 1.50 bits per heavy atom. The van der Waals surface area contributed by atoms with E-state index in [1.165, 1.54) is 0 Å². The van der Waals surface area contributed by atoms with Crippen LogP contribution in [0.5, 0.6) is 5.75 Å². The summed E-state index contributed by atoms with van der Waals surface area (Å²) in [5.41, 5.74) is 7.19. The fraction of sp³-hybridized carbons (Fsp3) is 0.500. The molecule has 6 heteroatoms. The summed E-state index contributed by atoms with van der Waals surface area (Å²) in [4.78, 5) is 0. The maximum atomic E-state index is 8.71. The molecule has 0 saturated carbocycles. The highest BCUT2D eigenvalue weighted by atomic mass is 16.5. The third kappa shape index (κ3) is 4.71. The fourth-order valence-corrected chi connectivity index (χ4v) is 1.89. The predicted octanol–water partition coefficient (Wildman–Crippen LogP) is 1.30. The zero-order valence-electron chi connectivity index (χ0n) is 12.2. The fourth-order valence-electron chi connectivity index (χ4n) is 1.89. The van der Waals surface area contributed by atoms with Gasteiger partial charge in [-0.25, -0.2) is 0 Å². The number of amidine groups is 1. The second-order valence-corrected chi connectivity index (χ2v) is 4.41. The smallest absolute Gasteiger partial charge is 0.170 e. The number of nitrogens with one attached hydrogen (secondary N) is 1. The molecule has 1 atom stereocenters. The Labute approximate surface area is 119 Å². The lowest BCUT2D eigenvalue weighted by Crippen LogP contribution is -2.26. The summed E-state index contributed by atoms with van der Waals surface area (Å²) >= 11 is 0. The van der Waals surface area contributed by atoms with E-state index in [9.17, 15) is 0 Å². The Balaban J connectivity index is 2.71. The zero-order chi connectivity index (χ0) is 15.0. The average Bonchev–Trinajstić information content (AvgIpc) is 2.46. The monoisotopic (exact) mass is 281 g/mol. The molecule has 1 rings (SSSR count). The van der Waals surface area contributed by atoms with Crippen LogP contribution in [-0.4, -0.2) is 37.4 Å². The summed E-state index contributed by atoms with van der Waals surface area (Å²) in [7, 11) is 1.62. The van der Waals surface area contributed by atoms with Gasteiger partial charge in [0, 0.05) is 30.8 Å². The van der Waals surface area contributed by atoms with Gasteiger partial charge in [-0.1, -0.05) is 5.16 Å². The van der Waals surface area contributed by atoms with Gasteiger partial charge in [0.15, 0.2) is 5.84 Å². The van der Waals surface area contributed by atoms with Crippen LogP contribution in [0.4, 0.5) is 0 Å². The van der Waals surface area contributed by atoms with Crippen molar-refractivity contribution in [2.45, 2.75) is 26.5 Å². The van der Waals surface area contributed by atoms with Crippen molar-refractivity contribution >= 4 is 5.84 Å². The Hall–Kier alpha value is -1.79. The largest absolute Gasteiger partial charge is 0.496 e. The molecule has 0 saturated heterocycles. The normalized spacial score (nSPS) is 13.2. The van der Waals surface area contributed by atoms with Crippen molar-refractivity contribution in [1.82, 2.24) is 5.32 Å². The van der Waals surface area contributed by atoms with Crippen LogP contribution in [0, 0.1) is 0 Å². The molecule has 0 spiro atoms. The van der Waals surface area contributed by atoms with Gasteiger partial charge in [0.25, 0.3) is 0 Å². The minimum atomic E-state index is 0.0802. The molecule has 6 nitrogen and oxygen atoms in total. The van der Waals surface area contributed by atoms with Crippen molar-refractivity contribution in [1.29, 1.82) is 0 Å². The first-order valence-electron chi connectivity index (χ1n) is 6.59. The lowest BCUT2D eigenvalue weighted by atomic mass is 10.1. The summed E-state index contributed by atoms with van der Waals surface area (Å²) in [6.45, 7) is 6.05. The molecule has 112 valence electrons. The highest BCUT2D eigenvalue weighted by molar-refractivity contribution is 5.97. The summed E-state index contributed by atoms with van der Waals surface area (Å²) in [6.07, 6.45) is 0.151. The number of methoxy groups -OCH3 is 1. The number of hydrogen-bond donors (Lipinski definition) is 3. The molecular weight excluding hydrogens is 258 g/mol. The van der Waals surface area contributed by atoms with Crippen LogP contribution in [0.1, 0.15) is 25.0 Å². The first-order chi connectivity index (χ1) is 9.62. The van der Waals surface area contributed by atoms with E-state index in [-0.39, 0.29) is 11.9 Å². The molecule has 0 fully saturated rings. The van der Waals surface area contributed by atoms with E-state index in [4.69, 9.17) is 20.4 Å². The summed E-state index contributed by atoms with van der Waals surface area (Å²) in [5, 5.41) is 15.0. The van der Waals surface area contributed by atoms with Gasteiger partial charge in [-0.05, 0) is 32.0 Å². The van der Waals surface area contributed by atoms with Crippen LogP contribution in [0.3, 0.4) is 0 Å². The van der Waals surface area contributed by atoms with Crippen LogP contribution in [0.2, 0.25) is 0 Å². The second-order valence-electron chi connectivity index (χ2n) is 4.41. The van der Waals surface area contributed by atoms with Crippen molar-refractivity contribution in [3.8, 4) is 5.75 Å². The molecule has 1 aromatic rings. The van der Waals surface area contributed by atoms with Gasteiger partial charge < -0.3 is 25.7 Å². The van der Waals surface area contributed by atoms with Crippen LogP contribution < -0.4 is 15.8 Å². The molecule has 4 N–H and O–H groups in total. The van der Waals surface area contributed by atoms with E-state index >= 15 is 0 Å². The van der Waals surface area contributed by atoms with Gasteiger partial charge in [0.1, 0.15) is 5.75 Å². The number of nitrogens with two attached hydrogens (primary N) is 1. The lowest BCUT2D eigenvalue weighted by Gasteiger charge is -2.14. The molecule has 0 bridgehead atoms. The van der Waals surface area contributed by atoms with Crippen molar-refractivity contribution < 1.29 is 14.7 Å². The topological polar surface area (TPSA) is 89.1 Å². The number of rotatable bonds is 8. The molecule has 0 aliphatic rings.